The smallest absolute Gasteiger partial charge is 0.225 e. The van der Waals surface area contributed by atoms with E-state index in [0.29, 0.717) is 38.2 Å². The van der Waals surface area contributed by atoms with Crippen LogP contribution in [0, 0.1) is 5.92 Å². The van der Waals surface area contributed by atoms with E-state index in [1.54, 1.807) is 6.26 Å². The van der Waals surface area contributed by atoms with Crippen molar-refractivity contribution in [3.05, 3.63) is 41.6 Å². The predicted octanol–water partition coefficient (Wildman–Crippen LogP) is 2.09. The molecule has 2 fully saturated rings. The lowest BCUT2D eigenvalue weighted by Crippen LogP contribution is -2.42. The first kappa shape index (κ1) is 15.8. The number of nitrogens with one attached hydrogen (secondary N) is 1. The SMILES string of the molecule is O=C(C1CC1)N1CC[C@@]2(COCc3cnc(NCc4ccco4)nc32)C1. The van der Waals surface area contributed by atoms with E-state index in [0.717, 1.165) is 42.8 Å². The van der Waals surface area contributed by atoms with E-state index in [2.05, 4.69) is 10.3 Å². The van der Waals surface area contributed by atoms with Crippen molar-refractivity contribution in [3.63, 3.8) is 0 Å². The average molecular weight is 354 g/mol. The summed E-state index contributed by atoms with van der Waals surface area (Å²) in [6.07, 6.45) is 6.48. The molecule has 1 atom stereocenters. The summed E-state index contributed by atoms with van der Waals surface area (Å²) in [5.41, 5.74) is 1.86. The van der Waals surface area contributed by atoms with Gasteiger partial charge < -0.3 is 19.4 Å². The molecule has 1 spiro atoms. The second kappa shape index (κ2) is 6.09. The summed E-state index contributed by atoms with van der Waals surface area (Å²) in [5.74, 6) is 1.99. The van der Waals surface area contributed by atoms with Crippen LogP contribution in [0.15, 0.2) is 29.0 Å². The van der Waals surface area contributed by atoms with Crippen molar-refractivity contribution < 1.29 is 13.9 Å². The Kier molecular flexibility index (Phi) is 3.70. The predicted molar refractivity (Wildman–Crippen MR) is 93.3 cm³/mol. The van der Waals surface area contributed by atoms with Gasteiger partial charge in [0.05, 0.1) is 37.1 Å². The van der Waals surface area contributed by atoms with Crippen molar-refractivity contribution in [1.29, 1.82) is 0 Å². The monoisotopic (exact) mass is 354 g/mol. The number of anilines is 1. The molecule has 1 N–H and O–H groups in total. The van der Waals surface area contributed by atoms with Gasteiger partial charge in [0.25, 0.3) is 0 Å². The first-order valence-corrected chi connectivity index (χ1v) is 9.23. The zero-order chi connectivity index (χ0) is 17.6. The van der Waals surface area contributed by atoms with Gasteiger partial charge in [-0.1, -0.05) is 0 Å². The van der Waals surface area contributed by atoms with Crippen molar-refractivity contribution in [2.24, 2.45) is 5.92 Å². The molecule has 1 aliphatic carbocycles. The third-order valence-electron chi connectivity index (χ3n) is 5.60. The number of rotatable bonds is 4. The van der Waals surface area contributed by atoms with Crippen molar-refractivity contribution in [3.8, 4) is 0 Å². The maximum Gasteiger partial charge on any atom is 0.225 e. The van der Waals surface area contributed by atoms with Crippen LogP contribution in [0.4, 0.5) is 5.95 Å². The summed E-state index contributed by atoms with van der Waals surface area (Å²) in [7, 11) is 0. The Bertz CT molecular complexity index is 818. The van der Waals surface area contributed by atoms with Crippen LogP contribution in [0.2, 0.25) is 0 Å². The molecule has 1 saturated carbocycles. The lowest BCUT2D eigenvalue weighted by atomic mass is 9.80. The van der Waals surface area contributed by atoms with E-state index in [-0.39, 0.29) is 11.3 Å². The van der Waals surface area contributed by atoms with Gasteiger partial charge in [-0.3, -0.25) is 4.79 Å². The number of ether oxygens (including phenoxy) is 1. The quantitative estimate of drug-likeness (QED) is 0.906. The normalized spacial score (nSPS) is 24.7. The summed E-state index contributed by atoms with van der Waals surface area (Å²) in [6.45, 7) is 3.18. The summed E-state index contributed by atoms with van der Waals surface area (Å²) in [6, 6.07) is 3.78. The van der Waals surface area contributed by atoms with Crippen LogP contribution < -0.4 is 5.32 Å². The Morgan fingerprint density at radius 1 is 1.42 bits per heavy atom. The molecular weight excluding hydrogens is 332 g/mol. The van der Waals surface area contributed by atoms with Gasteiger partial charge in [-0.05, 0) is 31.4 Å². The van der Waals surface area contributed by atoms with E-state index < -0.39 is 0 Å². The fraction of sp³-hybridized carbons (Fsp3) is 0.526. The molecule has 26 heavy (non-hydrogen) atoms. The van der Waals surface area contributed by atoms with Crippen molar-refractivity contribution in [2.75, 3.05) is 25.0 Å². The summed E-state index contributed by atoms with van der Waals surface area (Å²) < 4.78 is 11.2. The van der Waals surface area contributed by atoms with Crippen LogP contribution in [-0.4, -0.2) is 40.5 Å². The first-order chi connectivity index (χ1) is 12.7. The second-order valence-electron chi connectivity index (χ2n) is 7.56. The maximum atomic E-state index is 12.5. The molecule has 2 aromatic heterocycles. The number of hydrogen-bond donors (Lipinski definition) is 1. The van der Waals surface area contributed by atoms with Crippen LogP contribution in [0.1, 0.15) is 36.3 Å². The fourth-order valence-electron chi connectivity index (χ4n) is 4.02. The zero-order valence-corrected chi connectivity index (χ0v) is 14.6. The lowest BCUT2D eigenvalue weighted by Gasteiger charge is -2.34. The Hall–Kier alpha value is -2.41. The number of fused-ring (bicyclic) bond motifs is 2. The number of aromatic nitrogens is 2. The van der Waals surface area contributed by atoms with Crippen molar-refractivity contribution >= 4 is 11.9 Å². The van der Waals surface area contributed by atoms with Crippen LogP contribution in [0.5, 0.6) is 0 Å². The number of nitrogens with zero attached hydrogens (tertiary/aromatic N) is 3. The molecule has 0 bridgehead atoms. The van der Waals surface area contributed by atoms with Gasteiger partial charge in [0.2, 0.25) is 11.9 Å². The van der Waals surface area contributed by atoms with Gasteiger partial charge >= 0.3 is 0 Å². The van der Waals surface area contributed by atoms with E-state index >= 15 is 0 Å². The van der Waals surface area contributed by atoms with Gasteiger partial charge in [0.1, 0.15) is 5.76 Å². The van der Waals surface area contributed by atoms with Crippen LogP contribution in [0.3, 0.4) is 0 Å². The molecule has 2 aliphatic heterocycles. The standard InChI is InChI=1S/C19H22N4O3/c24-17(13-3-4-13)23-6-5-19(11-23)12-25-10-14-8-20-18(22-16(14)19)21-9-15-2-1-7-26-15/h1-2,7-8,13H,3-6,9-12H2,(H,20,21,22)/t19-/m0/s1. The maximum absolute atomic E-state index is 12.5. The van der Waals surface area contributed by atoms with E-state index in [9.17, 15) is 4.79 Å². The molecule has 7 nitrogen and oxygen atoms in total. The van der Waals surface area contributed by atoms with Crippen molar-refractivity contribution in [2.45, 2.75) is 37.8 Å². The Morgan fingerprint density at radius 3 is 3.15 bits per heavy atom. The van der Waals surface area contributed by atoms with Crippen LogP contribution >= 0.6 is 0 Å². The summed E-state index contributed by atoms with van der Waals surface area (Å²) >= 11 is 0. The Morgan fingerprint density at radius 2 is 2.35 bits per heavy atom. The summed E-state index contributed by atoms with van der Waals surface area (Å²) in [5, 5.41) is 3.23. The van der Waals surface area contributed by atoms with Gasteiger partial charge in [-0.25, -0.2) is 9.97 Å². The van der Waals surface area contributed by atoms with Gasteiger partial charge in [0.15, 0.2) is 0 Å². The minimum absolute atomic E-state index is 0.206. The molecule has 1 saturated heterocycles. The highest BCUT2D eigenvalue weighted by Crippen LogP contribution is 2.41. The molecule has 0 unspecified atom stereocenters. The molecule has 3 aliphatic rings. The Labute approximate surface area is 151 Å². The fourth-order valence-corrected chi connectivity index (χ4v) is 4.02. The van der Waals surface area contributed by atoms with Crippen LogP contribution in [0.25, 0.3) is 0 Å². The number of carbonyl (C=O) groups is 1. The summed E-state index contributed by atoms with van der Waals surface area (Å²) in [4.78, 5) is 23.7. The highest BCUT2D eigenvalue weighted by Gasteiger charge is 2.48. The minimum atomic E-state index is -0.206. The van der Waals surface area contributed by atoms with E-state index in [1.165, 1.54) is 0 Å². The highest BCUT2D eigenvalue weighted by atomic mass is 16.5. The zero-order valence-electron chi connectivity index (χ0n) is 14.6. The second-order valence-corrected chi connectivity index (χ2v) is 7.56. The molecule has 5 rings (SSSR count). The molecule has 7 heteroatoms. The number of hydrogen-bond acceptors (Lipinski definition) is 6. The largest absolute Gasteiger partial charge is 0.467 e. The third kappa shape index (κ3) is 2.76. The molecular formula is C19H22N4O3. The number of furan rings is 1. The molecule has 4 heterocycles. The van der Waals surface area contributed by atoms with Crippen molar-refractivity contribution in [1.82, 2.24) is 14.9 Å². The topological polar surface area (TPSA) is 80.5 Å². The Balaban J connectivity index is 1.38. The lowest BCUT2D eigenvalue weighted by molar-refractivity contribution is -0.131. The van der Waals surface area contributed by atoms with Gasteiger partial charge in [0, 0.05) is 30.8 Å². The number of likely N-dealkylation sites (tertiary alicyclic amines) is 1. The number of amides is 1. The molecule has 0 aromatic carbocycles. The number of carbonyl (C=O) groups excluding carboxylic acids is 1. The van der Waals surface area contributed by atoms with E-state index in [4.69, 9.17) is 14.1 Å². The van der Waals surface area contributed by atoms with Gasteiger partial charge in [-0.2, -0.15) is 0 Å². The molecule has 1 amide bonds. The van der Waals surface area contributed by atoms with Gasteiger partial charge in [-0.15, -0.1) is 0 Å². The highest BCUT2D eigenvalue weighted by molar-refractivity contribution is 5.81. The average Bonchev–Trinajstić information content (AvgIpc) is 3.22. The van der Waals surface area contributed by atoms with Crippen LogP contribution in [-0.2, 0) is 28.1 Å². The van der Waals surface area contributed by atoms with E-state index in [1.807, 2.05) is 23.2 Å². The molecule has 2 aromatic rings. The molecule has 136 valence electrons. The third-order valence-corrected chi connectivity index (χ3v) is 5.60. The first-order valence-electron chi connectivity index (χ1n) is 9.23. The minimum Gasteiger partial charge on any atom is -0.467 e. The molecule has 0 radical (unpaired) electrons.